The summed E-state index contributed by atoms with van der Waals surface area (Å²) >= 11 is 4.27. The molecule has 1 amide bonds. The molecule has 1 N–H and O–H groups in total. The summed E-state index contributed by atoms with van der Waals surface area (Å²) in [6.07, 6.45) is 1.06. The molecule has 3 heteroatoms. The van der Waals surface area contributed by atoms with Gasteiger partial charge in [-0.3, -0.25) is 4.79 Å². The van der Waals surface area contributed by atoms with E-state index in [1.54, 1.807) is 0 Å². The summed E-state index contributed by atoms with van der Waals surface area (Å²) in [6, 6.07) is 0. The first-order valence-electron chi connectivity index (χ1n) is 5.26. The van der Waals surface area contributed by atoms with E-state index in [-0.39, 0.29) is 22.5 Å². The van der Waals surface area contributed by atoms with Crippen LogP contribution in [0.4, 0.5) is 0 Å². The Morgan fingerprint density at radius 2 is 1.93 bits per heavy atom. The topological polar surface area (TPSA) is 29.1 Å². The molecule has 0 aliphatic rings. The fourth-order valence-electron chi connectivity index (χ4n) is 0.859. The van der Waals surface area contributed by atoms with Gasteiger partial charge in [0.25, 0.3) is 0 Å². The second kappa shape index (κ2) is 5.64. The highest BCUT2D eigenvalue weighted by Gasteiger charge is 2.21. The Hall–Kier alpha value is -0.180. The first kappa shape index (κ1) is 13.8. The number of amides is 1. The van der Waals surface area contributed by atoms with Crippen LogP contribution in [0.25, 0.3) is 0 Å². The molecule has 0 radical (unpaired) electrons. The van der Waals surface area contributed by atoms with E-state index < -0.39 is 0 Å². The highest BCUT2D eigenvalue weighted by molar-refractivity contribution is 7.81. The maximum atomic E-state index is 11.6. The van der Waals surface area contributed by atoms with E-state index >= 15 is 0 Å². The zero-order valence-electron chi connectivity index (χ0n) is 9.92. The van der Waals surface area contributed by atoms with Gasteiger partial charge in [-0.1, -0.05) is 34.6 Å². The number of rotatable bonds is 5. The maximum Gasteiger partial charge on any atom is 0.233 e. The molecular weight excluding hydrogens is 194 g/mol. The van der Waals surface area contributed by atoms with E-state index in [0.717, 1.165) is 13.0 Å². The second-order valence-electron chi connectivity index (χ2n) is 4.92. The van der Waals surface area contributed by atoms with Crippen molar-refractivity contribution in [1.82, 2.24) is 5.32 Å². The Balaban J connectivity index is 3.97. The van der Waals surface area contributed by atoms with Crippen molar-refractivity contribution in [3.63, 3.8) is 0 Å². The highest BCUT2D eigenvalue weighted by atomic mass is 32.1. The molecule has 14 heavy (non-hydrogen) atoms. The average molecular weight is 217 g/mol. The SMILES string of the molecule is CCC(C)(C)CNC(=O)C(S)C(C)C. The van der Waals surface area contributed by atoms with Gasteiger partial charge in [0.15, 0.2) is 0 Å². The molecule has 0 heterocycles. The lowest BCUT2D eigenvalue weighted by Crippen LogP contribution is -2.39. The van der Waals surface area contributed by atoms with E-state index in [1.807, 2.05) is 13.8 Å². The standard InChI is InChI=1S/C11H23NOS/c1-6-11(4,5)7-12-10(13)9(14)8(2)3/h8-9,14H,6-7H2,1-5H3,(H,12,13). The monoisotopic (exact) mass is 217 g/mol. The minimum absolute atomic E-state index is 0.0462. The number of hydrogen-bond donors (Lipinski definition) is 2. The van der Waals surface area contributed by atoms with Crippen LogP contribution < -0.4 is 5.32 Å². The van der Waals surface area contributed by atoms with Gasteiger partial charge in [-0.25, -0.2) is 0 Å². The summed E-state index contributed by atoms with van der Waals surface area (Å²) in [5.41, 5.74) is 0.181. The smallest absolute Gasteiger partial charge is 0.233 e. The minimum Gasteiger partial charge on any atom is -0.355 e. The number of nitrogens with one attached hydrogen (secondary N) is 1. The molecule has 0 aliphatic carbocycles. The Bertz CT molecular complexity index is 190. The van der Waals surface area contributed by atoms with Crippen LogP contribution in [0, 0.1) is 11.3 Å². The summed E-state index contributed by atoms with van der Waals surface area (Å²) in [5.74, 6) is 0.327. The largest absolute Gasteiger partial charge is 0.355 e. The molecule has 0 bridgehead atoms. The van der Waals surface area contributed by atoms with Crippen molar-refractivity contribution in [3.05, 3.63) is 0 Å². The second-order valence-corrected chi connectivity index (χ2v) is 5.48. The maximum absolute atomic E-state index is 11.6. The third-order valence-corrected chi connectivity index (χ3v) is 3.43. The van der Waals surface area contributed by atoms with Crippen molar-refractivity contribution in [2.45, 2.75) is 46.3 Å². The number of carbonyl (C=O) groups excluding carboxylic acids is 1. The van der Waals surface area contributed by atoms with Gasteiger partial charge >= 0.3 is 0 Å². The molecule has 0 rings (SSSR count). The Morgan fingerprint density at radius 3 is 2.29 bits per heavy atom. The van der Waals surface area contributed by atoms with Gasteiger partial charge in [-0.05, 0) is 17.8 Å². The molecule has 0 aromatic carbocycles. The van der Waals surface area contributed by atoms with Gasteiger partial charge in [0, 0.05) is 6.54 Å². The van der Waals surface area contributed by atoms with E-state index in [2.05, 4.69) is 38.7 Å². The molecule has 84 valence electrons. The highest BCUT2D eigenvalue weighted by Crippen LogP contribution is 2.18. The number of hydrogen-bond acceptors (Lipinski definition) is 2. The van der Waals surface area contributed by atoms with Crippen molar-refractivity contribution >= 4 is 18.5 Å². The van der Waals surface area contributed by atoms with Crippen molar-refractivity contribution in [2.24, 2.45) is 11.3 Å². The van der Waals surface area contributed by atoms with E-state index in [4.69, 9.17) is 0 Å². The van der Waals surface area contributed by atoms with Crippen LogP contribution in [0.5, 0.6) is 0 Å². The predicted octanol–water partition coefficient (Wildman–Crippen LogP) is 2.49. The lowest BCUT2D eigenvalue weighted by atomic mass is 9.90. The summed E-state index contributed by atoms with van der Waals surface area (Å²) in [5, 5.41) is 2.75. The molecule has 0 fully saturated rings. The van der Waals surface area contributed by atoms with Crippen LogP contribution in [0.3, 0.4) is 0 Å². The van der Waals surface area contributed by atoms with Gasteiger partial charge in [0.05, 0.1) is 5.25 Å². The van der Waals surface area contributed by atoms with Crippen LogP contribution in [0.1, 0.15) is 41.0 Å². The average Bonchev–Trinajstić information content (AvgIpc) is 2.13. The zero-order valence-corrected chi connectivity index (χ0v) is 10.8. The number of thiol groups is 1. The van der Waals surface area contributed by atoms with E-state index in [9.17, 15) is 4.79 Å². The lowest BCUT2D eigenvalue weighted by molar-refractivity contribution is -0.121. The summed E-state index contributed by atoms with van der Waals surface area (Å²) in [7, 11) is 0. The van der Waals surface area contributed by atoms with Gasteiger partial charge in [0.2, 0.25) is 5.91 Å². The zero-order chi connectivity index (χ0) is 11.4. The van der Waals surface area contributed by atoms with Crippen LogP contribution in [0.15, 0.2) is 0 Å². The van der Waals surface area contributed by atoms with Crippen molar-refractivity contribution in [1.29, 1.82) is 0 Å². The summed E-state index contributed by atoms with van der Waals surface area (Å²) < 4.78 is 0. The first-order valence-corrected chi connectivity index (χ1v) is 5.77. The third-order valence-electron chi connectivity index (χ3n) is 2.60. The molecule has 2 nitrogen and oxygen atoms in total. The molecule has 0 aromatic rings. The quantitative estimate of drug-likeness (QED) is 0.681. The predicted molar refractivity (Wildman–Crippen MR) is 64.7 cm³/mol. The molecular formula is C11H23NOS. The Morgan fingerprint density at radius 1 is 1.43 bits per heavy atom. The van der Waals surface area contributed by atoms with Crippen LogP contribution >= 0.6 is 12.6 Å². The molecule has 0 aromatic heterocycles. The molecule has 1 atom stereocenters. The molecule has 0 aliphatic heterocycles. The molecule has 1 unspecified atom stereocenters. The molecule has 0 saturated heterocycles. The van der Waals surface area contributed by atoms with Gasteiger partial charge in [0.1, 0.15) is 0 Å². The van der Waals surface area contributed by atoms with Crippen molar-refractivity contribution < 1.29 is 4.79 Å². The summed E-state index contributed by atoms with van der Waals surface area (Å²) in [4.78, 5) is 11.6. The van der Waals surface area contributed by atoms with Gasteiger partial charge in [-0.15, -0.1) is 0 Å². The Labute approximate surface area is 93.3 Å². The van der Waals surface area contributed by atoms with E-state index in [0.29, 0.717) is 0 Å². The fourth-order valence-corrected chi connectivity index (χ4v) is 0.950. The van der Waals surface area contributed by atoms with Crippen molar-refractivity contribution in [2.75, 3.05) is 6.54 Å². The third kappa shape index (κ3) is 4.89. The minimum atomic E-state index is -0.192. The lowest BCUT2D eigenvalue weighted by Gasteiger charge is -2.24. The molecule has 0 spiro atoms. The van der Waals surface area contributed by atoms with Crippen LogP contribution in [0.2, 0.25) is 0 Å². The molecule has 0 saturated carbocycles. The first-order chi connectivity index (χ1) is 6.30. The normalized spacial score (nSPS) is 14.2. The van der Waals surface area contributed by atoms with Crippen LogP contribution in [-0.2, 0) is 4.79 Å². The van der Waals surface area contributed by atoms with Gasteiger partial charge < -0.3 is 5.32 Å². The van der Waals surface area contributed by atoms with E-state index in [1.165, 1.54) is 0 Å². The Kier molecular flexibility index (Phi) is 5.57. The number of carbonyl (C=O) groups is 1. The fraction of sp³-hybridized carbons (Fsp3) is 0.909. The van der Waals surface area contributed by atoms with Gasteiger partial charge in [-0.2, -0.15) is 12.6 Å². The van der Waals surface area contributed by atoms with Crippen molar-refractivity contribution in [3.8, 4) is 0 Å². The summed E-state index contributed by atoms with van der Waals surface area (Å²) in [6.45, 7) is 11.2. The van der Waals surface area contributed by atoms with Crippen LogP contribution in [-0.4, -0.2) is 17.7 Å².